The van der Waals surface area contributed by atoms with Crippen LogP contribution in [0.1, 0.15) is 32.3 Å². The standard InChI is InChI=1S/C18H23F3N4O3/c1-16(2,13(22)26)24-14(27)17(7-9-23-10-8-17)25-15(28)18(20,21)11-3-5-12(19)6-4-11/h3-6,23H,7-10H2,1-2H3,(H2,22,26)(H,24,27)(H,25,28). The molecule has 2 rings (SSSR count). The van der Waals surface area contributed by atoms with Crippen LogP contribution in [0.15, 0.2) is 24.3 Å². The van der Waals surface area contributed by atoms with Crippen molar-refractivity contribution in [2.75, 3.05) is 13.1 Å². The van der Waals surface area contributed by atoms with E-state index in [1.807, 2.05) is 0 Å². The maximum Gasteiger partial charge on any atom is 0.349 e. The number of hydrogen-bond donors (Lipinski definition) is 4. The largest absolute Gasteiger partial charge is 0.368 e. The van der Waals surface area contributed by atoms with Crippen molar-refractivity contribution >= 4 is 17.7 Å². The molecule has 3 amide bonds. The van der Waals surface area contributed by atoms with Crippen molar-refractivity contribution in [2.24, 2.45) is 5.73 Å². The molecule has 0 aliphatic carbocycles. The molecule has 0 bridgehead atoms. The number of nitrogens with one attached hydrogen (secondary N) is 3. The van der Waals surface area contributed by atoms with Gasteiger partial charge in [0.1, 0.15) is 16.9 Å². The van der Waals surface area contributed by atoms with E-state index in [0.29, 0.717) is 13.1 Å². The van der Waals surface area contributed by atoms with Gasteiger partial charge in [-0.25, -0.2) is 4.39 Å². The molecular formula is C18H23F3N4O3. The zero-order chi connectivity index (χ0) is 21.2. The van der Waals surface area contributed by atoms with E-state index in [2.05, 4.69) is 16.0 Å². The predicted molar refractivity (Wildman–Crippen MR) is 94.7 cm³/mol. The topological polar surface area (TPSA) is 113 Å². The molecule has 1 heterocycles. The van der Waals surface area contributed by atoms with Gasteiger partial charge in [-0.2, -0.15) is 8.78 Å². The molecule has 0 atom stereocenters. The molecule has 1 fully saturated rings. The summed E-state index contributed by atoms with van der Waals surface area (Å²) in [6, 6.07) is 3.25. The van der Waals surface area contributed by atoms with Crippen molar-refractivity contribution in [3.05, 3.63) is 35.6 Å². The third-order valence-corrected chi connectivity index (χ3v) is 4.78. The van der Waals surface area contributed by atoms with Crippen LogP contribution in [0.25, 0.3) is 0 Å². The minimum absolute atomic E-state index is 0.0406. The highest BCUT2D eigenvalue weighted by molar-refractivity contribution is 5.97. The number of hydrogen-bond acceptors (Lipinski definition) is 4. The van der Waals surface area contributed by atoms with Crippen LogP contribution in [0, 0.1) is 5.82 Å². The summed E-state index contributed by atoms with van der Waals surface area (Å²) in [4.78, 5) is 36.7. The average Bonchev–Trinajstić information content (AvgIpc) is 2.62. The van der Waals surface area contributed by atoms with Crippen molar-refractivity contribution in [2.45, 2.75) is 43.7 Å². The second-order valence-electron chi connectivity index (χ2n) is 7.31. The fraction of sp³-hybridized carbons (Fsp3) is 0.500. The third-order valence-electron chi connectivity index (χ3n) is 4.78. The van der Waals surface area contributed by atoms with E-state index in [4.69, 9.17) is 5.73 Å². The van der Waals surface area contributed by atoms with Crippen LogP contribution in [0.4, 0.5) is 13.2 Å². The number of benzene rings is 1. The van der Waals surface area contributed by atoms with Crippen molar-refractivity contribution in [3.63, 3.8) is 0 Å². The van der Waals surface area contributed by atoms with Gasteiger partial charge in [0.15, 0.2) is 0 Å². The van der Waals surface area contributed by atoms with Crippen LogP contribution in [-0.2, 0) is 20.3 Å². The van der Waals surface area contributed by atoms with Gasteiger partial charge >= 0.3 is 5.92 Å². The number of rotatable bonds is 6. The Morgan fingerprint density at radius 1 is 1.11 bits per heavy atom. The molecule has 1 aliphatic heterocycles. The van der Waals surface area contributed by atoms with Gasteiger partial charge in [0.25, 0.3) is 5.91 Å². The summed E-state index contributed by atoms with van der Waals surface area (Å²) in [5.74, 6) is -7.98. The summed E-state index contributed by atoms with van der Waals surface area (Å²) in [7, 11) is 0. The molecular weight excluding hydrogens is 377 g/mol. The van der Waals surface area contributed by atoms with Crippen molar-refractivity contribution in [1.29, 1.82) is 0 Å². The normalized spacial score (nSPS) is 16.9. The molecule has 10 heteroatoms. The van der Waals surface area contributed by atoms with Crippen LogP contribution in [0.2, 0.25) is 0 Å². The Labute approximate surface area is 160 Å². The Morgan fingerprint density at radius 3 is 2.14 bits per heavy atom. The first-order valence-electron chi connectivity index (χ1n) is 8.70. The van der Waals surface area contributed by atoms with E-state index in [1.165, 1.54) is 13.8 Å². The van der Waals surface area contributed by atoms with Gasteiger partial charge in [-0.1, -0.05) is 0 Å². The number of amides is 3. The van der Waals surface area contributed by atoms with Gasteiger partial charge in [-0.3, -0.25) is 14.4 Å². The van der Waals surface area contributed by atoms with Gasteiger partial charge in [0.2, 0.25) is 11.8 Å². The summed E-state index contributed by atoms with van der Waals surface area (Å²) in [6.07, 6.45) is 0.0812. The Kier molecular flexibility index (Phi) is 6.03. The number of primary amides is 1. The first-order valence-corrected chi connectivity index (χ1v) is 8.70. The summed E-state index contributed by atoms with van der Waals surface area (Å²) < 4.78 is 42.2. The van der Waals surface area contributed by atoms with Gasteiger partial charge in [0.05, 0.1) is 0 Å². The molecule has 1 aromatic carbocycles. The summed E-state index contributed by atoms with van der Waals surface area (Å²) in [5, 5.41) is 7.56. The van der Waals surface area contributed by atoms with E-state index in [9.17, 15) is 27.6 Å². The second-order valence-corrected chi connectivity index (χ2v) is 7.31. The monoisotopic (exact) mass is 400 g/mol. The van der Waals surface area contributed by atoms with Crippen LogP contribution in [0.5, 0.6) is 0 Å². The van der Waals surface area contributed by atoms with Crippen molar-refractivity contribution < 1.29 is 27.6 Å². The zero-order valence-corrected chi connectivity index (χ0v) is 15.6. The van der Waals surface area contributed by atoms with Gasteiger partial charge in [-0.15, -0.1) is 0 Å². The smallest absolute Gasteiger partial charge is 0.349 e. The molecule has 0 aromatic heterocycles. The van der Waals surface area contributed by atoms with Crippen LogP contribution in [-0.4, -0.2) is 41.9 Å². The quantitative estimate of drug-likeness (QED) is 0.558. The fourth-order valence-corrected chi connectivity index (χ4v) is 2.81. The van der Waals surface area contributed by atoms with Crippen LogP contribution >= 0.6 is 0 Å². The summed E-state index contributed by atoms with van der Waals surface area (Å²) in [6.45, 7) is 3.34. The number of piperidine rings is 1. The van der Waals surface area contributed by atoms with Gasteiger partial charge in [-0.05, 0) is 64.0 Å². The Morgan fingerprint density at radius 2 is 1.64 bits per heavy atom. The van der Waals surface area contributed by atoms with Crippen LogP contribution in [0.3, 0.4) is 0 Å². The summed E-state index contributed by atoms with van der Waals surface area (Å²) >= 11 is 0. The maximum absolute atomic E-state index is 14.6. The van der Waals surface area contributed by atoms with E-state index >= 15 is 0 Å². The molecule has 5 N–H and O–H groups in total. The van der Waals surface area contributed by atoms with E-state index in [-0.39, 0.29) is 12.8 Å². The molecule has 0 radical (unpaired) electrons. The highest BCUT2D eigenvalue weighted by atomic mass is 19.3. The Bertz CT molecular complexity index is 760. The minimum Gasteiger partial charge on any atom is -0.368 e. The van der Waals surface area contributed by atoms with Gasteiger partial charge in [0, 0.05) is 5.56 Å². The SMILES string of the molecule is CC(C)(NC(=O)C1(NC(=O)C(F)(F)c2ccc(F)cc2)CCNCC1)C(N)=O. The summed E-state index contributed by atoms with van der Waals surface area (Å²) in [5.41, 5.74) is 1.47. The lowest BCUT2D eigenvalue weighted by Gasteiger charge is -2.39. The first-order chi connectivity index (χ1) is 12.9. The lowest BCUT2D eigenvalue weighted by atomic mass is 9.85. The van der Waals surface area contributed by atoms with Crippen molar-refractivity contribution in [3.8, 4) is 0 Å². The van der Waals surface area contributed by atoms with E-state index in [1.54, 1.807) is 0 Å². The zero-order valence-electron chi connectivity index (χ0n) is 15.6. The second kappa shape index (κ2) is 7.78. The highest BCUT2D eigenvalue weighted by Crippen LogP contribution is 2.30. The number of alkyl halides is 2. The van der Waals surface area contributed by atoms with E-state index in [0.717, 1.165) is 24.3 Å². The van der Waals surface area contributed by atoms with Crippen LogP contribution < -0.4 is 21.7 Å². The van der Waals surface area contributed by atoms with Crippen molar-refractivity contribution in [1.82, 2.24) is 16.0 Å². The fourth-order valence-electron chi connectivity index (χ4n) is 2.81. The molecule has 0 spiro atoms. The maximum atomic E-state index is 14.6. The molecule has 0 unspecified atom stereocenters. The number of halogens is 3. The minimum atomic E-state index is -3.98. The molecule has 28 heavy (non-hydrogen) atoms. The molecule has 1 aliphatic rings. The average molecular weight is 400 g/mol. The third kappa shape index (κ3) is 4.44. The molecule has 7 nitrogen and oxygen atoms in total. The lowest BCUT2D eigenvalue weighted by Crippen LogP contribution is -2.68. The first kappa shape index (κ1) is 21.7. The Hall–Kier alpha value is -2.62. The molecule has 1 saturated heterocycles. The number of carbonyl (C=O) groups excluding carboxylic acids is 3. The molecule has 0 saturated carbocycles. The highest BCUT2D eigenvalue weighted by Gasteiger charge is 2.49. The Balaban J connectivity index is 2.28. The number of carbonyl (C=O) groups is 3. The number of nitrogens with two attached hydrogens (primary N) is 1. The lowest BCUT2D eigenvalue weighted by molar-refractivity contribution is -0.153. The molecule has 154 valence electrons. The van der Waals surface area contributed by atoms with E-state index < -0.39 is 46.1 Å². The molecule has 1 aromatic rings. The predicted octanol–water partition coefficient (Wildman–Crippen LogP) is 0.536. The van der Waals surface area contributed by atoms with Gasteiger partial charge < -0.3 is 21.7 Å².